The molecule has 27 heavy (non-hydrogen) atoms. The van der Waals surface area contributed by atoms with Crippen molar-refractivity contribution in [1.82, 2.24) is 4.98 Å². The van der Waals surface area contributed by atoms with Gasteiger partial charge in [-0.25, -0.2) is 9.88 Å². The van der Waals surface area contributed by atoms with Crippen molar-refractivity contribution in [3.8, 4) is 6.07 Å². The Labute approximate surface area is 156 Å². The monoisotopic (exact) mass is 391 g/mol. The first-order valence-electron chi connectivity index (χ1n) is 7.80. The number of nitrogens with zero attached hydrogens (tertiary/aromatic N) is 3. The van der Waals surface area contributed by atoms with Crippen LogP contribution in [0.3, 0.4) is 0 Å². The molecule has 0 saturated carbocycles. The van der Waals surface area contributed by atoms with Gasteiger partial charge in [0.05, 0.1) is 16.5 Å². The molecule has 2 heterocycles. The number of aryl methyl sites for hydroxylation is 1. The second-order valence-corrected chi connectivity index (χ2v) is 7.02. The van der Waals surface area contributed by atoms with Crippen molar-refractivity contribution < 1.29 is 22.8 Å². The summed E-state index contributed by atoms with van der Waals surface area (Å²) in [6.45, 7) is 1.37. The van der Waals surface area contributed by atoms with E-state index in [0.29, 0.717) is 17.4 Å². The molecule has 2 aromatic rings. The Bertz CT molecular complexity index is 955. The van der Waals surface area contributed by atoms with Crippen molar-refractivity contribution in [3.63, 3.8) is 0 Å². The summed E-state index contributed by atoms with van der Waals surface area (Å²) in [6.07, 6.45) is -4.86. The number of carbonyl (C=O) groups is 2. The number of para-hydroxylation sites is 1. The van der Waals surface area contributed by atoms with Crippen LogP contribution in [0.1, 0.15) is 23.2 Å². The van der Waals surface area contributed by atoms with Crippen LogP contribution in [0.5, 0.6) is 0 Å². The van der Waals surface area contributed by atoms with Crippen molar-refractivity contribution in [3.05, 3.63) is 53.2 Å². The van der Waals surface area contributed by atoms with Crippen LogP contribution in [-0.4, -0.2) is 22.0 Å². The topological polar surface area (TPSA) is 74.1 Å². The number of hydrogen-bond donors (Lipinski definition) is 0. The molecule has 1 aromatic carbocycles. The molecule has 1 aliphatic rings. The summed E-state index contributed by atoms with van der Waals surface area (Å²) in [6, 6.07) is 10.9. The number of imide groups is 1. The highest BCUT2D eigenvalue weighted by atomic mass is 32.2. The predicted octanol–water partition coefficient (Wildman–Crippen LogP) is 3.70. The maximum absolute atomic E-state index is 13.0. The summed E-state index contributed by atoms with van der Waals surface area (Å²) in [7, 11) is 0. The van der Waals surface area contributed by atoms with E-state index >= 15 is 0 Å². The van der Waals surface area contributed by atoms with Crippen molar-refractivity contribution in [1.29, 1.82) is 5.26 Å². The summed E-state index contributed by atoms with van der Waals surface area (Å²) in [5.74, 6) is -0.997. The van der Waals surface area contributed by atoms with E-state index in [2.05, 4.69) is 4.98 Å². The van der Waals surface area contributed by atoms with Gasteiger partial charge in [0.25, 0.3) is 0 Å². The van der Waals surface area contributed by atoms with Gasteiger partial charge in [0.1, 0.15) is 16.8 Å². The van der Waals surface area contributed by atoms with Crippen LogP contribution < -0.4 is 4.90 Å². The molecule has 1 aliphatic heterocycles. The molecule has 0 aliphatic carbocycles. The first-order valence-corrected chi connectivity index (χ1v) is 8.67. The number of nitriles is 1. The summed E-state index contributed by atoms with van der Waals surface area (Å²) in [5.41, 5.74) is -0.673. The van der Waals surface area contributed by atoms with Crippen molar-refractivity contribution >= 4 is 29.3 Å². The predicted molar refractivity (Wildman–Crippen MR) is 91.9 cm³/mol. The fourth-order valence-electron chi connectivity index (χ4n) is 2.69. The van der Waals surface area contributed by atoms with Crippen molar-refractivity contribution in [2.24, 2.45) is 0 Å². The molecule has 9 heteroatoms. The summed E-state index contributed by atoms with van der Waals surface area (Å²) < 4.78 is 39.1. The van der Waals surface area contributed by atoms with Gasteiger partial charge in [-0.2, -0.15) is 18.4 Å². The Morgan fingerprint density at radius 1 is 1.26 bits per heavy atom. The smallest absolute Gasteiger partial charge is 0.274 e. The molecule has 2 amide bonds. The van der Waals surface area contributed by atoms with Crippen LogP contribution in [0.2, 0.25) is 0 Å². The van der Waals surface area contributed by atoms with Crippen LogP contribution >= 0.6 is 11.8 Å². The molecule has 1 atom stereocenters. The minimum absolute atomic E-state index is 0.0357. The largest absolute Gasteiger partial charge is 0.433 e. The lowest BCUT2D eigenvalue weighted by Gasteiger charge is -2.15. The maximum atomic E-state index is 13.0. The Morgan fingerprint density at radius 3 is 2.52 bits per heavy atom. The van der Waals surface area contributed by atoms with E-state index in [0.717, 1.165) is 11.0 Å². The van der Waals surface area contributed by atoms with Crippen LogP contribution in [0, 0.1) is 18.3 Å². The van der Waals surface area contributed by atoms with E-state index in [1.54, 1.807) is 30.3 Å². The number of alkyl halides is 3. The van der Waals surface area contributed by atoms with Gasteiger partial charge in [-0.15, -0.1) is 0 Å². The minimum Gasteiger partial charge on any atom is -0.274 e. The quantitative estimate of drug-likeness (QED) is 0.746. The lowest BCUT2D eigenvalue weighted by molar-refractivity contribution is -0.141. The first-order chi connectivity index (χ1) is 12.7. The summed E-state index contributed by atoms with van der Waals surface area (Å²) >= 11 is 0.711. The number of hydrogen-bond acceptors (Lipinski definition) is 5. The molecule has 3 rings (SSSR count). The van der Waals surface area contributed by atoms with Gasteiger partial charge in [0.2, 0.25) is 11.8 Å². The van der Waals surface area contributed by atoms with Gasteiger partial charge in [-0.3, -0.25) is 9.59 Å². The number of thioether (sulfide) groups is 1. The number of carbonyl (C=O) groups excluding carboxylic acids is 2. The van der Waals surface area contributed by atoms with E-state index in [9.17, 15) is 28.0 Å². The molecule has 0 unspecified atom stereocenters. The molecule has 0 N–H and O–H groups in total. The van der Waals surface area contributed by atoms with Crippen LogP contribution in [0.15, 0.2) is 41.4 Å². The van der Waals surface area contributed by atoms with Gasteiger partial charge in [-0.05, 0) is 30.7 Å². The SMILES string of the molecule is Cc1cc(C(F)(F)F)nc(S[C@@H]2CC(=O)N(c3ccccc3)C2=O)c1C#N. The van der Waals surface area contributed by atoms with Crippen LogP contribution in [0.4, 0.5) is 18.9 Å². The fourth-order valence-corrected chi connectivity index (χ4v) is 3.87. The Morgan fingerprint density at radius 2 is 1.93 bits per heavy atom. The second-order valence-electron chi connectivity index (χ2n) is 5.83. The Hall–Kier alpha value is -2.86. The van der Waals surface area contributed by atoms with E-state index in [1.165, 1.54) is 6.92 Å². The van der Waals surface area contributed by atoms with Crippen molar-refractivity contribution in [2.75, 3.05) is 4.90 Å². The third-order valence-electron chi connectivity index (χ3n) is 3.96. The lowest BCUT2D eigenvalue weighted by atomic mass is 10.1. The molecule has 138 valence electrons. The van der Waals surface area contributed by atoms with Crippen molar-refractivity contribution in [2.45, 2.75) is 29.8 Å². The molecule has 0 bridgehead atoms. The zero-order valence-corrected chi connectivity index (χ0v) is 14.8. The molecule has 5 nitrogen and oxygen atoms in total. The highest BCUT2D eigenvalue weighted by Crippen LogP contribution is 2.37. The lowest BCUT2D eigenvalue weighted by Crippen LogP contribution is -2.31. The number of halogens is 3. The molecule has 1 aromatic heterocycles. The number of amides is 2. The average Bonchev–Trinajstić information content (AvgIpc) is 2.88. The first kappa shape index (κ1) is 18.9. The fraction of sp³-hybridized carbons (Fsp3) is 0.222. The molecule has 0 spiro atoms. The highest BCUT2D eigenvalue weighted by Gasteiger charge is 2.41. The maximum Gasteiger partial charge on any atom is 0.433 e. The van der Waals surface area contributed by atoms with Gasteiger partial charge in [-0.1, -0.05) is 30.0 Å². The molecular weight excluding hydrogens is 379 g/mol. The average molecular weight is 391 g/mol. The van der Waals surface area contributed by atoms with Crippen LogP contribution in [-0.2, 0) is 15.8 Å². The molecule has 0 radical (unpaired) electrons. The molecule has 1 fully saturated rings. The zero-order valence-electron chi connectivity index (χ0n) is 13.9. The number of pyridine rings is 1. The molecule has 1 saturated heterocycles. The van der Waals surface area contributed by atoms with E-state index in [1.807, 2.05) is 6.07 Å². The van der Waals surface area contributed by atoms with Crippen LogP contribution in [0.25, 0.3) is 0 Å². The Balaban J connectivity index is 1.94. The molecular formula is C18H12F3N3O2S. The standard InChI is InChI=1S/C18H12F3N3O2S/c1-10-7-14(18(19,20)21)23-16(12(10)9-22)27-13-8-15(25)24(17(13)26)11-5-3-2-4-6-11/h2-7,13H,8H2,1H3/t13-/m1/s1. The highest BCUT2D eigenvalue weighted by molar-refractivity contribution is 8.00. The normalized spacial score (nSPS) is 17.3. The number of aromatic nitrogens is 1. The van der Waals surface area contributed by atoms with E-state index in [4.69, 9.17) is 0 Å². The minimum atomic E-state index is -4.68. The van der Waals surface area contributed by atoms with Gasteiger partial charge >= 0.3 is 6.18 Å². The van der Waals surface area contributed by atoms with E-state index < -0.39 is 28.9 Å². The summed E-state index contributed by atoms with van der Waals surface area (Å²) in [5, 5.41) is 8.12. The third-order valence-corrected chi connectivity index (χ3v) is 5.13. The van der Waals surface area contributed by atoms with Gasteiger partial charge < -0.3 is 0 Å². The van der Waals surface area contributed by atoms with Gasteiger partial charge in [0, 0.05) is 6.42 Å². The number of benzene rings is 1. The van der Waals surface area contributed by atoms with E-state index in [-0.39, 0.29) is 22.6 Å². The van der Waals surface area contributed by atoms with Gasteiger partial charge in [0.15, 0.2) is 0 Å². The third kappa shape index (κ3) is 3.66. The number of anilines is 1. The zero-order chi connectivity index (χ0) is 19.8. The Kier molecular flexibility index (Phi) is 4.93. The second kappa shape index (κ2) is 7.04. The number of rotatable bonds is 3. The summed E-state index contributed by atoms with van der Waals surface area (Å²) in [4.78, 5) is 29.4.